The monoisotopic (exact) mass is 355 g/mol. The minimum absolute atomic E-state index is 0.0980. The molecule has 1 aliphatic carbocycles. The number of carbonyl (C=O) groups is 2. The van der Waals surface area contributed by atoms with E-state index >= 15 is 0 Å². The highest BCUT2D eigenvalue weighted by atomic mass is 16.5. The quantitative estimate of drug-likeness (QED) is 0.788. The van der Waals surface area contributed by atoms with Gasteiger partial charge in [0.2, 0.25) is 0 Å². The van der Waals surface area contributed by atoms with E-state index in [0.717, 1.165) is 24.2 Å². The van der Waals surface area contributed by atoms with E-state index in [0.29, 0.717) is 17.9 Å². The molecule has 0 atom stereocenters. The van der Waals surface area contributed by atoms with Crippen LogP contribution >= 0.6 is 0 Å². The second kappa shape index (κ2) is 7.91. The summed E-state index contributed by atoms with van der Waals surface area (Å²) in [4.78, 5) is 25.5. The molecule has 0 unspecified atom stereocenters. The van der Waals surface area contributed by atoms with Crippen LogP contribution in [0.2, 0.25) is 0 Å². The molecule has 1 N–H and O–H groups in total. The van der Waals surface area contributed by atoms with Crippen molar-refractivity contribution in [3.8, 4) is 11.5 Å². The smallest absolute Gasteiger partial charge is 0.341 e. The number of carbonyl (C=O) groups excluding carboxylic acids is 1. The van der Waals surface area contributed by atoms with Gasteiger partial charge in [0.05, 0.1) is 7.11 Å². The molecule has 1 amide bonds. The number of hydrogen-bond acceptors (Lipinski definition) is 4. The van der Waals surface area contributed by atoms with Crippen LogP contribution in [0.3, 0.4) is 0 Å². The fraction of sp³-hybridized carbons (Fsp3) is 0.300. The van der Waals surface area contributed by atoms with Gasteiger partial charge in [0.25, 0.3) is 5.91 Å². The van der Waals surface area contributed by atoms with Gasteiger partial charge in [-0.05, 0) is 37.1 Å². The Hall–Kier alpha value is -3.02. The molecule has 2 aromatic rings. The zero-order valence-corrected chi connectivity index (χ0v) is 14.6. The van der Waals surface area contributed by atoms with Crippen LogP contribution < -0.4 is 9.47 Å². The van der Waals surface area contributed by atoms with Crippen molar-refractivity contribution in [3.05, 3.63) is 59.7 Å². The van der Waals surface area contributed by atoms with Crippen LogP contribution in [0.1, 0.15) is 28.8 Å². The first-order valence-corrected chi connectivity index (χ1v) is 8.46. The number of benzene rings is 2. The summed E-state index contributed by atoms with van der Waals surface area (Å²) in [6.45, 7) is 0.0267. The van der Waals surface area contributed by atoms with E-state index in [1.807, 2.05) is 29.2 Å². The number of ether oxygens (including phenoxy) is 2. The van der Waals surface area contributed by atoms with E-state index in [-0.39, 0.29) is 11.9 Å². The molecular weight excluding hydrogens is 334 g/mol. The Bertz CT molecular complexity index is 800. The van der Waals surface area contributed by atoms with E-state index in [1.165, 1.54) is 0 Å². The Kier molecular flexibility index (Phi) is 5.41. The lowest BCUT2D eigenvalue weighted by molar-refractivity contribution is -0.139. The number of aliphatic carboxylic acids is 1. The molecular formula is C20H21NO5. The molecule has 0 heterocycles. The largest absolute Gasteiger partial charge is 0.496 e. The molecule has 26 heavy (non-hydrogen) atoms. The van der Waals surface area contributed by atoms with Crippen molar-refractivity contribution in [2.75, 3.05) is 13.7 Å². The van der Waals surface area contributed by atoms with Gasteiger partial charge >= 0.3 is 5.97 Å². The van der Waals surface area contributed by atoms with E-state index in [1.54, 1.807) is 31.4 Å². The summed E-state index contributed by atoms with van der Waals surface area (Å²) in [5.74, 6) is -0.0347. The molecule has 1 fully saturated rings. The molecule has 0 bridgehead atoms. The average Bonchev–Trinajstić information content (AvgIpc) is 3.49. The van der Waals surface area contributed by atoms with E-state index in [2.05, 4.69) is 0 Å². The maximum atomic E-state index is 13.0. The van der Waals surface area contributed by atoms with Crippen molar-refractivity contribution in [3.63, 3.8) is 0 Å². The average molecular weight is 355 g/mol. The van der Waals surface area contributed by atoms with Crippen LogP contribution in [0.25, 0.3) is 0 Å². The van der Waals surface area contributed by atoms with Gasteiger partial charge in [0.1, 0.15) is 11.5 Å². The maximum absolute atomic E-state index is 13.0. The van der Waals surface area contributed by atoms with Gasteiger partial charge in [0.15, 0.2) is 6.61 Å². The van der Waals surface area contributed by atoms with Gasteiger partial charge < -0.3 is 19.5 Å². The third-order valence-corrected chi connectivity index (χ3v) is 4.23. The molecule has 0 saturated heterocycles. The Morgan fingerprint density at radius 2 is 1.92 bits per heavy atom. The number of nitrogens with zero attached hydrogens (tertiary/aromatic N) is 1. The van der Waals surface area contributed by atoms with Crippen LogP contribution in [0.5, 0.6) is 11.5 Å². The van der Waals surface area contributed by atoms with E-state index in [9.17, 15) is 9.59 Å². The van der Waals surface area contributed by atoms with Crippen molar-refractivity contribution >= 4 is 11.9 Å². The first kappa shape index (κ1) is 17.8. The summed E-state index contributed by atoms with van der Waals surface area (Å²) in [5.41, 5.74) is 1.43. The Labute approximate surface area is 152 Å². The highest BCUT2D eigenvalue weighted by Gasteiger charge is 2.33. The SMILES string of the molecule is COc1ccccc1CN(C(=O)c1cccc(OCC(=O)O)c1)C1CC1. The third-order valence-electron chi connectivity index (χ3n) is 4.23. The zero-order valence-electron chi connectivity index (χ0n) is 14.6. The van der Waals surface area contributed by atoms with Crippen molar-refractivity contribution in [2.45, 2.75) is 25.4 Å². The van der Waals surface area contributed by atoms with Crippen molar-refractivity contribution in [2.24, 2.45) is 0 Å². The van der Waals surface area contributed by atoms with Crippen molar-refractivity contribution < 1.29 is 24.2 Å². The zero-order chi connectivity index (χ0) is 18.5. The standard InChI is InChI=1S/C20H21NO5/c1-25-18-8-3-2-5-15(18)12-21(16-9-10-16)20(24)14-6-4-7-17(11-14)26-13-19(22)23/h2-8,11,16H,9-10,12-13H2,1H3,(H,22,23). The molecule has 3 rings (SSSR count). The molecule has 0 aromatic heterocycles. The number of para-hydroxylation sites is 1. The minimum Gasteiger partial charge on any atom is -0.496 e. The summed E-state index contributed by atoms with van der Waals surface area (Å²) in [6, 6.07) is 14.5. The molecule has 136 valence electrons. The topological polar surface area (TPSA) is 76.1 Å². The van der Waals surface area contributed by atoms with Crippen LogP contribution in [0.15, 0.2) is 48.5 Å². The summed E-state index contributed by atoms with van der Waals surface area (Å²) in [7, 11) is 1.62. The highest BCUT2D eigenvalue weighted by Crippen LogP contribution is 2.32. The Morgan fingerprint density at radius 3 is 2.62 bits per heavy atom. The molecule has 6 nitrogen and oxygen atoms in total. The number of carboxylic acid groups (broad SMARTS) is 1. The summed E-state index contributed by atoms with van der Waals surface area (Å²) < 4.78 is 10.6. The van der Waals surface area contributed by atoms with Crippen molar-refractivity contribution in [1.29, 1.82) is 0 Å². The normalized spacial score (nSPS) is 13.1. The number of amides is 1. The third kappa shape index (κ3) is 4.33. The molecule has 2 aromatic carbocycles. The van der Waals surface area contributed by atoms with Crippen LogP contribution in [-0.2, 0) is 11.3 Å². The van der Waals surface area contributed by atoms with Gasteiger partial charge in [0, 0.05) is 23.7 Å². The second-order valence-electron chi connectivity index (χ2n) is 6.19. The molecule has 1 aliphatic rings. The lowest BCUT2D eigenvalue weighted by atomic mass is 10.1. The van der Waals surface area contributed by atoms with E-state index in [4.69, 9.17) is 14.6 Å². The summed E-state index contributed by atoms with van der Waals surface area (Å²) >= 11 is 0. The maximum Gasteiger partial charge on any atom is 0.341 e. The Morgan fingerprint density at radius 1 is 1.15 bits per heavy atom. The predicted molar refractivity (Wildman–Crippen MR) is 95.5 cm³/mol. The van der Waals surface area contributed by atoms with Gasteiger partial charge in [-0.3, -0.25) is 4.79 Å². The Balaban J connectivity index is 1.79. The molecule has 0 radical (unpaired) electrons. The van der Waals surface area contributed by atoms with Crippen molar-refractivity contribution in [1.82, 2.24) is 4.90 Å². The van der Waals surface area contributed by atoms with Gasteiger partial charge in [-0.1, -0.05) is 24.3 Å². The van der Waals surface area contributed by atoms with Crippen LogP contribution in [0, 0.1) is 0 Å². The second-order valence-corrected chi connectivity index (χ2v) is 6.19. The molecule has 0 aliphatic heterocycles. The lowest BCUT2D eigenvalue weighted by Gasteiger charge is -2.24. The lowest BCUT2D eigenvalue weighted by Crippen LogP contribution is -2.32. The molecule has 0 spiro atoms. The van der Waals surface area contributed by atoms with E-state index < -0.39 is 12.6 Å². The molecule has 1 saturated carbocycles. The first-order chi connectivity index (χ1) is 12.6. The number of carboxylic acids is 1. The van der Waals surface area contributed by atoms with Gasteiger partial charge in [-0.25, -0.2) is 4.79 Å². The fourth-order valence-electron chi connectivity index (χ4n) is 2.80. The van der Waals surface area contributed by atoms with Crippen LogP contribution in [0.4, 0.5) is 0 Å². The number of methoxy groups -OCH3 is 1. The number of rotatable bonds is 8. The van der Waals surface area contributed by atoms with Gasteiger partial charge in [-0.2, -0.15) is 0 Å². The summed E-state index contributed by atoms with van der Waals surface area (Å²) in [5, 5.41) is 8.72. The van der Waals surface area contributed by atoms with Crippen LogP contribution in [-0.4, -0.2) is 41.6 Å². The van der Waals surface area contributed by atoms with Gasteiger partial charge in [-0.15, -0.1) is 0 Å². The summed E-state index contributed by atoms with van der Waals surface area (Å²) in [6.07, 6.45) is 1.96. The molecule has 6 heteroatoms. The predicted octanol–water partition coefficient (Wildman–Crippen LogP) is 2.96. The fourth-order valence-corrected chi connectivity index (χ4v) is 2.80. The highest BCUT2D eigenvalue weighted by molar-refractivity contribution is 5.95. The first-order valence-electron chi connectivity index (χ1n) is 8.46. The number of hydrogen-bond donors (Lipinski definition) is 1. The minimum atomic E-state index is -1.06.